The average Bonchev–Trinajstić information content (AvgIpc) is 2.43. The first-order valence-corrected chi connectivity index (χ1v) is 7.47. The predicted octanol–water partition coefficient (Wildman–Crippen LogP) is 3.95. The summed E-state index contributed by atoms with van der Waals surface area (Å²) in [7, 11) is 0. The Morgan fingerprint density at radius 2 is 2.10 bits per heavy atom. The van der Waals surface area contributed by atoms with Gasteiger partial charge in [0, 0.05) is 11.6 Å². The van der Waals surface area contributed by atoms with E-state index in [2.05, 4.69) is 6.92 Å². The molecule has 20 heavy (non-hydrogen) atoms. The molecule has 0 heterocycles. The monoisotopic (exact) mass is 296 g/mol. The maximum absolute atomic E-state index is 11.2. The minimum Gasteiger partial charge on any atom is -0.330 e. The molecule has 1 aliphatic carbocycles. The molecular formula is C15H21ClN2O2. The first-order valence-electron chi connectivity index (χ1n) is 7.09. The summed E-state index contributed by atoms with van der Waals surface area (Å²) in [6.45, 7) is 2.81. The van der Waals surface area contributed by atoms with Gasteiger partial charge in [-0.3, -0.25) is 10.1 Å². The fourth-order valence-corrected chi connectivity index (χ4v) is 3.33. The highest BCUT2D eigenvalue weighted by Crippen LogP contribution is 2.43. The molecule has 1 saturated carbocycles. The van der Waals surface area contributed by atoms with Crippen LogP contribution in [0.1, 0.15) is 38.2 Å². The van der Waals surface area contributed by atoms with Gasteiger partial charge in [-0.15, -0.1) is 0 Å². The Morgan fingerprint density at radius 1 is 1.45 bits per heavy atom. The highest BCUT2D eigenvalue weighted by molar-refractivity contribution is 6.31. The zero-order chi connectivity index (χ0) is 14.8. The molecule has 2 N–H and O–H groups in total. The van der Waals surface area contributed by atoms with Crippen LogP contribution in [0.3, 0.4) is 0 Å². The van der Waals surface area contributed by atoms with E-state index in [-0.39, 0.29) is 16.0 Å². The molecular weight excluding hydrogens is 276 g/mol. The number of hydrogen-bond donors (Lipinski definition) is 1. The zero-order valence-corrected chi connectivity index (χ0v) is 12.5. The van der Waals surface area contributed by atoms with Crippen LogP contribution in [-0.2, 0) is 6.42 Å². The first kappa shape index (κ1) is 15.3. The van der Waals surface area contributed by atoms with Gasteiger partial charge in [0.05, 0.1) is 9.95 Å². The van der Waals surface area contributed by atoms with Crippen molar-refractivity contribution in [2.45, 2.75) is 39.0 Å². The second-order valence-corrected chi connectivity index (χ2v) is 6.47. The third-order valence-corrected chi connectivity index (χ3v) is 4.96. The van der Waals surface area contributed by atoms with Crippen LogP contribution in [-0.4, -0.2) is 11.5 Å². The normalized spacial score (nSPS) is 26.4. The number of nitro groups is 1. The van der Waals surface area contributed by atoms with E-state index in [1.54, 1.807) is 12.1 Å². The number of hydrogen-bond acceptors (Lipinski definition) is 3. The standard InChI is InChI=1S/C15H21ClN2O2/c1-11-5-7-15(10-17,8-6-11)9-12-13(16)3-2-4-14(12)18(19)20/h2-4,11H,5-10,17H2,1H3. The lowest BCUT2D eigenvalue weighted by Crippen LogP contribution is -2.36. The summed E-state index contributed by atoms with van der Waals surface area (Å²) in [5.41, 5.74) is 6.71. The second kappa shape index (κ2) is 6.10. The van der Waals surface area contributed by atoms with Crippen LogP contribution in [0.15, 0.2) is 18.2 Å². The van der Waals surface area contributed by atoms with Gasteiger partial charge in [-0.1, -0.05) is 37.4 Å². The summed E-state index contributed by atoms with van der Waals surface area (Å²) in [5, 5.41) is 11.7. The van der Waals surface area contributed by atoms with Crippen LogP contribution in [0.4, 0.5) is 5.69 Å². The van der Waals surface area contributed by atoms with E-state index in [1.807, 2.05) is 0 Å². The van der Waals surface area contributed by atoms with Gasteiger partial charge in [0.15, 0.2) is 0 Å². The Balaban J connectivity index is 2.30. The van der Waals surface area contributed by atoms with Gasteiger partial charge in [0.2, 0.25) is 0 Å². The van der Waals surface area contributed by atoms with E-state index in [4.69, 9.17) is 17.3 Å². The first-order chi connectivity index (χ1) is 9.47. The quantitative estimate of drug-likeness (QED) is 0.675. The van der Waals surface area contributed by atoms with Gasteiger partial charge >= 0.3 is 0 Å². The zero-order valence-electron chi connectivity index (χ0n) is 11.8. The SMILES string of the molecule is CC1CCC(CN)(Cc2c(Cl)cccc2[N+](=O)[O-])CC1. The molecule has 5 heteroatoms. The molecule has 1 aliphatic rings. The summed E-state index contributed by atoms with van der Waals surface area (Å²) in [6.07, 6.45) is 4.91. The summed E-state index contributed by atoms with van der Waals surface area (Å²) in [5.74, 6) is 0.718. The Hall–Kier alpha value is -1.13. The molecule has 1 aromatic rings. The van der Waals surface area contributed by atoms with Gasteiger partial charge < -0.3 is 5.73 Å². The van der Waals surface area contributed by atoms with Crippen molar-refractivity contribution in [2.75, 3.05) is 6.54 Å². The van der Waals surface area contributed by atoms with Crippen LogP contribution < -0.4 is 5.73 Å². The molecule has 1 fully saturated rings. The topological polar surface area (TPSA) is 69.2 Å². The lowest BCUT2D eigenvalue weighted by molar-refractivity contribution is -0.385. The van der Waals surface area contributed by atoms with Crippen LogP contribution in [0.25, 0.3) is 0 Å². The fourth-order valence-electron chi connectivity index (χ4n) is 3.10. The van der Waals surface area contributed by atoms with E-state index in [9.17, 15) is 10.1 Å². The smallest absolute Gasteiger partial charge is 0.274 e. The lowest BCUT2D eigenvalue weighted by atomic mass is 9.67. The molecule has 0 saturated heterocycles. The number of nitrogens with zero attached hydrogens (tertiary/aromatic N) is 1. The highest BCUT2D eigenvalue weighted by Gasteiger charge is 2.35. The van der Waals surface area contributed by atoms with Gasteiger partial charge in [0.1, 0.15) is 0 Å². The van der Waals surface area contributed by atoms with Crippen LogP contribution >= 0.6 is 11.6 Å². The second-order valence-electron chi connectivity index (χ2n) is 6.06. The summed E-state index contributed by atoms with van der Waals surface area (Å²) >= 11 is 6.20. The van der Waals surface area contributed by atoms with Crippen molar-refractivity contribution in [1.29, 1.82) is 0 Å². The van der Waals surface area contributed by atoms with Crippen molar-refractivity contribution >= 4 is 17.3 Å². The molecule has 0 atom stereocenters. The fraction of sp³-hybridized carbons (Fsp3) is 0.600. The van der Waals surface area contributed by atoms with E-state index in [1.165, 1.54) is 6.07 Å². The predicted molar refractivity (Wildman–Crippen MR) is 80.9 cm³/mol. The lowest BCUT2D eigenvalue weighted by Gasteiger charge is -2.38. The van der Waals surface area contributed by atoms with E-state index in [0.717, 1.165) is 31.6 Å². The molecule has 4 nitrogen and oxygen atoms in total. The third-order valence-electron chi connectivity index (χ3n) is 4.61. The Bertz CT molecular complexity index is 497. The van der Waals surface area contributed by atoms with Crippen LogP contribution in [0.5, 0.6) is 0 Å². The number of nitrogens with two attached hydrogens (primary N) is 1. The minimum atomic E-state index is -0.350. The Kier molecular flexibility index (Phi) is 4.66. The molecule has 0 amide bonds. The minimum absolute atomic E-state index is 0.0394. The van der Waals surface area contributed by atoms with Crippen molar-refractivity contribution in [3.8, 4) is 0 Å². The maximum Gasteiger partial charge on any atom is 0.274 e. The van der Waals surface area contributed by atoms with Crippen molar-refractivity contribution in [1.82, 2.24) is 0 Å². The molecule has 0 spiro atoms. The van der Waals surface area contributed by atoms with Gasteiger partial charge in [-0.25, -0.2) is 0 Å². The molecule has 0 unspecified atom stereocenters. The van der Waals surface area contributed by atoms with Crippen molar-refractivity contribution < 1.29 is 4.92 Å². The van der Waals surface area contributed by atoms with Gasteiger partial charge in [-0.05, 0) is 43.2 Å². The summed E-state index contributed by atoms with van der Waals surface area (Å²) in [4.78, 5) is 10.8. The molecule has 0 aliphatic heterocycles. The molecule has 1 aromatic carbocycles. The van der Waals surface area contributed by atoms with Gasteiger partial charge in [0.25, 0.3) is 5.69 Å². The number of halogens is 1. The van der Waals surface area contributed by atoms with E-state index < -0.39 is 0 Å². The van der Waals surface area contributed by atoms with Crippen molar-refractivity contribution in [2.24, 2.45) is 17.1 Å². The van der Waals surface area contributed by atoms with Crippen LogP contribution in [0, 0.1) is 21.4 Å². The Morgan fingerprint density at radius 3 is 2.65 bits per heavy atom. The summed E-state index contributed by atoms with van der Waals surface area (Å²) < 4.78 is 0. The van der Waals surface area contributed by atoms with Crippen molar-refractivity contribution in [3.63, 3.8) is 0 Å². The third kappa shape index (κ3) is 3.13. The maximum atomic E-state index is 11.2. The molecule has 0 aromatic heterocycles. The number of benzene rings is 1. The average molecular weight is 297 g/mol. The largest absolute Gasteiger partial charge is 0.330 e. The summed E-state index contributed by atoms with van der Waals surface area (Å²) in [6, 6.07) is 4.87. The molecule has 2 rings (SSSR count). The van der Waals surface area contributed by atoms with Gasteiger partial charge in [-0.2, -0.15) is 0 Å². The van der Waals surface area contributed by atoms with E-state index >= 15 is 0 Å². The Labute approximate surface area is 124 Å². The highest BCUT2D eigenvalue weighted by atomic mass is 35.5. The molecule has 0 bridgehead atoms. The van der Waals surface area contributed by atoms with Crippen LogP contribution in [0.2, 0.25) is 5.02 Å². The van der Waals surface area contributed by atoms with E-state index in [0.29, 0.717) is 23.6 Å². The number of nitro benzene ring substituents is 1. The number of rotatable bonds is 4. The molecule has 0 radical (unpaired) electrons. The van der Waals surface area contributed by atoms with Crippen molar-refractivity contribution in [3.05, 3.63) is 38.9 Å². The molecule has 110 valence electrons.